The standard InChI is InChI=1S/C24H35N3O2S/c1-5-25-24(26-16-6-7-20-12-14-23(15-13-20)19(2)3)27-17-21-8-10-22(11-9-21)18-30(4,28)29/h8-15,19H,5-7,16-18H2,1-4H3,(H2,25,26,27). The SMILES string of the molecule is CCNC(=NCc1ccc(CS(C)(=O)=O)cc1)NCCCc1ccc(C(C)C)cc1. The third-order valence-electron chi connectivity index (χ3n) is 4.80. The van der Waals surface area contributed by atoms with Crippen LogP contribution in [0.4, 0.5) is 0 Å². The van der Waals surface area contributed by atoms with E-state index in [-0.39, 0.29) is 5.75 Å². The smallest absolute Gasteiger partial charge is 0.191 e. The first-order valence-corrected chi connectivity index (χ1v) is 12.7. The van der Waals surface area contributed by atoms with E-state index in [1.54, 1.807) is 0 Å². The normalized spacial score (nSPS) is 12.2. The number of aryl methyl sites for hydroxylation is 1. The van der Waals surface area contributed by atoms with Crippen molar-refractivity contribution in [3.63, 3.8) is 0 Å². The van der Waals surface area contributed by atoms with E-state index < -0.39 is 9.84 Å². The van der Waals surface area contributed by atoms with E-state index in [9.17, 15) is 8.42 Å². The van der Waals surface area contributed by atoms with Gasteiger partial charge in [-0.2, -0.15) is 0 Å². The van der Waals surface area contributed by atoms with Gasteiger partial charge in [0.15, 0.2) is 15.8 Å². The van der Waals surface area contributed by atoms with Crippen LogP contribution < -0.4 is 10.6 Å². The van der Waals surface area contributed by atoms with Crippen LogP contribution in [0.1, 0.15) is 55.4 Å². The third kappa shape index (κ3) is 8.99. The minimum atomic E-state index is -3.01. The Hall–Kier alpha value is -2.34. The summed E-state index contributed by atoms with van der Waals surface area (Å²) in [6.45, 7) is 8.68. The summed E-state index contributed by atoms with van der Waals surface area (Å²) >= 11 is 0. The van der Waals surface area contributed by atoms with Crippen LogP contribution >= 0.6 is 0 Å². The van der Waals surface area contributed by atoms with Crippen molar-refractivity contribution in [1.82, 2.24) is 10.6 Å². The van der Waals surface area contributed by atoms with E-state index in [1.165, 1.54) is 17.4 Å². The van der Waals surface area contributed by atoms with Crippen LogP contribution in [-0.4, -0.2) is 33.7 Å². The van der Waals surface area contributed by atoms with Crippen LogP contribution in [0.25, 0.3) is 0 Å². The molecule has 0 saturated heterocycles. The molecule has 2 aromatic carbocycles. The van der Waals surface area contributed by atoms with Crippen LogP contribution in [0.3, 0.4) is 0 Å². The lowest BCUT2D eigenvalue weighted by Crippen LogP contribution is -2.37. The molecule has 2 rings (SSSR count). The molecule has 164 valence electrons. The van der Waals surface area contributed by atoms with Gasteiger partial charge in [-0.3, -0.25) is 0 Å². The zero-order chi connectivity index (χ0) is 22.0. The number of benzene rings is 2. The molecule has 0 fully saturated rings. The Balaban J connectivity index is 1.82. The van der Waals surface area contributed by atoms with Crippen molar-refractivity contribution >= 4 is 15.8 Å². The lowest BCUT2D eigenvalue weighted by molar-refractivity contribution is 0.601. The van der Waals surface area contributed by atoms with Gasteiger partial charge in [0.1, 0.15) is 0 Å². The molecule has 0 spiro atoms. The zero-order valence-corrected chi connectivity index (χ0v) is 19.4. The molecule has 2 N–H and O–H groups in total. The van der Waals surface area contributed by atoms with E-state index in [0.717, 1.165) is 43.0 Å². The van der Waals surface area contributed by atoms with Gasteiger partial charge in [-0.15, -0.1) is 0 Å². The van der Waals surface area contributed by atoms with Gasteiger partial charge in [0.2, 0.25) is 0 Å². The number of hydrogen-bond acceptors (Lipinski definition) is 3. The number of sulfone groups is 1. The molecule has 0 bridgehead atoms. The molecule has 0 aliphatic carbocycles. The lowest BCUT2D eigenvalue weighted by Gasteiger charge is -2.12. The van der Waals surface area contributed by atoms with Crippen LogP contribution in [0.2, 0.25) is 0 Å². The second-order valence-electron chi connectivity index (χ2n) is 8.01. The molecule has 0 saturated carbocycles. The van der Waals surface area contributed by atoms with Crippen LogP contribution in [0.15, 0.2) is 53.5 Å². The molecule has 6 heteroatoms. The summed E-state index contributed by atoms with van der Waals surface area (Å²) in [6.07, 6.45) is 3.32. The quantitative estimate of drug-likeness (QED) is 0.340. The number of nitrogens with one attached hydrogen (secondary N) is 2. The second kappa shape index (κ2) is 11.7. The monoisotopic (exact) mass is 429 g/mol. The predicted octanol–water partition coefficient (Wildman–Crippen LogP) is 4.04. The first-order valence-electron chi connectivity index (χ1n) is 10.6. The van der Waals surface area contributed by atoms with Gasteiger partial charge in [-0.1, -0.05) is 62.4 Å². The van der Waals surface area contributed by atoms with Gasteiger partial charge < -0.3 is 10.6 Å². The van der Waals surface area contributed by atoms with E-state index in [0.29, 0.717) is 12.5 Å². The van der Waals surface area contributed by atoms with E-state index >= 15 is 0 Å². The average Bonchev–Trinajstić information content (AvgIpc) is 2.69. The van der Waals surface area contributed by atoms with Gasteiger partial charge in [-0.25, -0.2) is 13.4 Å². The number of hydrogen-bond donors (Lipinski definition) is 2. The van der Waals surface area contributed by atoms with E-state index in [2.05, 4.69) is 53.7 Å². The van der Waals surface area contributed by atoms with E-state index in [1.807, 2.05) is 31.2 Å². The number of nitrogens with zero attached hydrogens (tertiary/aromatic N) is 1. The molecular weight excluding hydrogens is 394 g/mol. The van der Waals surface area contributed by atoms with Crippen molar-refractivity contribution in [1.29, 1.82) is 0 Å². The molecule has 0 unspecified atom stereocenters. The summed E-state index contributed by atoms with van der Waals surface area (Å²) in [5.74, 6) is 1.43. The second-order valence-corrected chi connectivity index (χ2v) is 10.1. The Morgan fingerprint density at radius 2 is 1.53 bits per heavy atom. The molecule has 0 atom stereocenters. The highest BCUT2D eigenvalue weighted by molar-refractivity contribution is 7.89. The molecule has 0 heterocycles. The number of guanidine groups is 1. The predicted molar refractivity (Wildman–Crippen MR) is 127 cm³/mol. The fourth-order valence-corrected chi connectivity index (χ4v) is 3.92. The highest BCUT2D eigenvalue weighted by atomic mass is 32.2. The summed E-state index contributed by atoms with van der Waals surface area (Å²) in [7, 11) is -3.01. The summed E-state index contributed by atoms with van der Waals surface area (Å²) in [5.41, 5.74) is 4.59. The molecule has 30 heavy (non-hydrogen) atoms. The van der Waals surface area contributed by atoms with Crippen molar-refractivity contribution in [2.24, 2.45) is 4.99 Å². The van der Waals surface area contributed by atoms with Crippen LogP contribution in [0, 0.1) is 0 Å². The van der Waals surface area contributed by atoms with Crippen molar-refractivity contribution < 1.29 is 8.42 Å². The maximum absolute atomic E-state index is 11.4. The van der Waals surface area contributed by atoms with Crippen LogP contribution in [-0.2, 0) is 28.6 Å². The molecule has 0 aliphatic rings. The Morgan fingerprint density at radius 3 is 2.10 bits per heavy atom. The summed E-state index contributed by atoms with van der Waals surface area (Å²) in [5, 5.41) is 6.67. The van der Waals surface area contributed by atoms with Gasteiger partial charge in [-0.05, 0) is 47.9 Å². The Bertz CT molecular complexity index is 902. The summed E-state index contributed by atoms with van der Waals surface area (Å²) in [4.78, 5) is 4.64. The van der Waals surface area contributed by atoms with Gasteiger partial charge in [0, 0.05) is 19.3 Å². The highest BCUT2D eigenvalue weighted by Crippen LogP contribution is 2.15. The Morgan fingerprint density at radius 1 is 0.933 bits per heavy atom. The van der Waals surface area contributed by atoms with Crippen molar-refractivity contribution in [3.05, 3.63) is 70.8 Å². The molecule has 0 aliphatic heterocycles. The molecule has 2 aromatic rings. The minimum absolute atomic E-state index is 0.0704. The maximum Gasteiger partial charge on any atom is 0.191 e. The fourth-order valence-electron chi connectivity index (χ4n) is 3.12. The molecule has 0 radical (unpaired) electrons. The average molecular weight is 430 g/mol. The third-order valence-corrected chi connectivity index (χ3v) is 5.65. The largest absolute Gasteiger partial charge is 0.357 e. The molecule has 5 nitrogen and oxygen atoms in total. The van der Waals surface area contributed by atoms with Crippen LogP contribution in [0.5, 0.6) is 0 Å². The van der Waals surface area contributed by atoms with Crippen molar-refractivity contribution in [2.75, 3.05) is 19.3 Å². The topological polar surface area (TPSA) is 70.6 Å². The van der Waals surface area contributed by atoms with E-state index in [4.69, 9.17) is 0 Å². The Kier molecular flexibility index (Phi) is 9.37. The van der Waals surface area contributed by atoms with Crippen molar-refractivity contribution in [2.45, 2.75) is 51.8 Å². The fraction of sp³-hybridized carbons (Fsp3) is 0.458. The summed E-state index contributed by atoms with van der Waals surface area (Å²) in [6, 6.07) is 16.5. The van der Waals surface area contributed by atoms with Gasteiger partial charge in [0.25, 0.3) is 0 Å². The first kappa shape index (κ1) is 23.9. The van der Waals surface area contributed by atoms with Crippen molar-refractivity contribution in [3.8, 4) is 0 Å². The maximum atomic E-state index is 11.4. The van der Waals surface area contributed by atoms with Gasteiger partial charge in [0.05, 0.1) is 12.3 Å². The Labute approximate surface area is 181 Å². The summed E-state index contributed by atoms with van der Waals surface area (Å²) < 4.78 is 22.8. The zero-order valence-electron chi connectivity index (χ0n) is 18.6. The molecule has 0 aromatic heterocycles. The van der Waals surface area contributed by atoms with Gasteiger partial charge >= 0.3 is 0 Å². The lowest BCUT2D eigenvalue weighted by atomic mass is 10.0. The number of aliphatic imine (C=N–C) groups is 1. The molecular formula is C24H35N3O2S. The first-order chi connectivity index (χ1) is 14.3. The number of rotatable bonds is 10. The molecule has 0 amide bonds. The minimum Gasteiger partial charge on any atom is -0.357 e. The highest BCUT2D eigenvalue weighted by Gasteiger charge is 2.04.